The summed E-state index contributed by atoms with van der Waals surface area (Å²) in [6.07, 6.45) is 5.52. The molecule has 2 atom stereocenters. The van der Waals surface area contributed by atoms with Gasteiger partial charge in [-0.15, -0.1) is 0 Å². The van der Waals surface area contributed by atoms with Crippen molar-refractivity contribution in [3.8, 4) is 0 Å². The Balaban J connectivity index is 1.91. The van der Waals surface area contributed by atoms with Gasteiger partial charge >= 0.3 is 0 Å². The van der Waals surface area contributed by atoms with Gasteiger partial charge in [0.2, 0.25) is 0 Å². The SMILES string of the molecule is C[C@H](c1ccccn1)N(Cc1ccccn1)[C@@H](C)c1ccccn1. The lowest BCUT2D eigenvalue weighted by molar-refractivity contribution is 0.137. The van der Waals surface area contributed by atoms with Crippen molar-refractivity contribution in [2.24, 2.45) is 0 Å². The molecule has 24 heavy (non-hydrogen) atoms. The molecule has 3 heterocycles. The van der Waals surface area contributed by atoms with E-state index in [0.29, 0.717) is 0 Å². The summed E-state index contributed by atoms with van der Waals surface area (Å²) < 4.78 is 0. The fourth-order valence-electron chi connectivity index (χ4n) is 2.87. The molecule has 3 rings (SSSR count). The van der Waals surface area contributed by atoms with Gasteiger partial charge in [0.15, 0.2) is 0 Å². The van der Waals surface area contributed by atoms with Crippen LogP contribution in [0.1, 0.15) is 43.0 Å². The zero-order valence-corrected chi connectivity index (χ0v) is 14.1. The molecule has 0 saturated heterocycles. The second-order valence-electron chi connectivity index (χ2n) is 5.85. The van der Waals surface area contributed by atoms with Gasteiger partial charge in [-0.2, -0.15) is 0 Å². The molecule has 3 aromatic heterocycles. The van der Waals surface area contributed by atoms with Crippen molar-refractivity contribution < 1.29 is 0 Å². The van der Waals surface area contributed by atoms with E-state index in [4.69, 9.17) is 0 Å². The zero-order chi connectivity index (χ0) is 16.8. The third kappa shape index (κ3) is 3.84. The predicted octanol–water partition coefficient (Wildman–Crippen LogP) is 4.20. The van der Waals surface area contributed by atoms with Crippen LogP contribution in [0.4, 0.5) is 0 Å². The highest BCUT2D eigenvalue weighted by Gasteiger charge is 2.24. The van der Waals surface area contributed by atoms with Gasteiger partial charge in [0.05, 0.1) is 29.2 Å². The van der Waals surface area contributed by atoms with E-state index in [2.05, 4.69) is 51.9 Å². The van der Waals surface area contributed by atoms with E-state index in [-0.39, 0.29) is 12.1 Å². The second-order valence-corrected chi connectivity index (χ2v) is 5.85. The van der Waals surface area contributed by atoms with Gasteiger partial charge in [0.25, 0.3) is 0 Å². The average molecular weight is 318 g/mol. The van der Waals surface area contributed by atoms with Crippen LogP contribution in [0.5, 0.6) is 0 Å². The molecule has 0 aliphatic heterocycles. The van der Waals surface area contributed by atoms with Crippen molar-refractivity contribution >= 4 is 0 Å². The molecule has 4 heteroatoms. The number of rotatable bonds is 6. The smallest absolute Gasteiger partial charge is 0.0572 e. The molecule has 0 aliphatic carbocycles. The lowest BCUT2D eigenvalue weighted by Crippen LogP contribution is -2.31. The summed E-state index contributed by atoms with van der Waals surface area (Å²) in [5, 5.41) is 0. The quantitative estimate of drug-likeness (QED) is 0.683. The summed E-state index contributed by atoms with van der Waals surface area (Å²) in [5.74, 6) is 0. The number of nitrogens with zero attached hydrogens (tertiary/aromatic N) is 4. The van der Waals surface area contributed by atoms with Gasteiger partial charge in [-0.25, -0.2) is 0 Å². The second kappa shape index (κ2) is 7.79. The molecule has 0 amide bonds. The summed E-state index contributed by atoms with van der Waals surface area (Å²) in [7, 11) is 0. The molecule has 4 nitrogen and oxygen atoms in total. The molecule has 0 saturated carbocycles. The molecule has 0 bridgehead atoms. The number of aromatic nitrogens is 3. The Hall–Kier alpha value is -2.59. The predicted molar refractivity (Wildman–Crippen MR) is 95.1 cm³/mol. The van der Waals surface area contributed by atoms with Crippen molar-refractivity contribution in [3.05, 3.63) is 90.3 Å². The van der Waals surface area contributed by atoms with Crippen LogP contribution in [0.25, 0.3) is 0 Å². The van der Waals surface area contributed by atoms with E-state index >= 15 is 0 Å². The zero-order valence-electron chi connectivity index (χ0n) is 14.1. The van der Waals surface area contributed by atoms with Crippen LogP contribution in [0.2, 0.25) is 0 Å². The van der Waals surface area contributed by atoms with Crippen LogP contribution in [0, 0.1) is 0 Å². The van der Waals surface area contributed by atoms with Gasteiger partial charge in [0.1, 0.15) is 0 Å². The average Bonchev–Trinajstić information content (AvgIpc) is 2.67. The minimum atomic E-state index is 0.158. The van der Waals surface area contributed by atoms with Crippen molar-refractivity contribution in [2.45, 2.75) is 32.5 Å². The van der Waals surface area contributed by atoms with Crippen LogP contribution in [-0.4, -0.2) is 19.9 Å². The first-order chi connectivity index (χ1) is 11.8. The summed E-state index contributed by atoms with van der Waals surface area (Å²) >= 11 is 0. The van der Waals surface area contributed by atoms with Crippen molar-refractivity contribution in [2.75, 3.05) is 0 Å². The lowest BCUT2D eigenvalue weighted by Gasteiger charge is -2.33. The topological polar surface area (TPSA) is 41.9 Å². The molecule has 0 aromatic carbocycles. The fourth-order valence-corrected chi connectivity index (χ4v) is 2.87. The van der Waals surface area contributed by atoms with Gasteiger partial charge in [0, 0.05) is 25.1 Å². The first-order valence-corrected chi connectivity index (χ1v) is 8.23. The molecular formula is C20H22N4. The summed E-state index contributed by atoms with van der Waals surface area (Å²) in [6.45, 7) is 5.12. The molecule has 0 unspecified atom stereocenters. The Labute approximate surface area is 143 Å². The highest BCUT2D eigenvalue weighted by atomic mass is 15.2. The summed E-state index contributed by atoms with van der Waals surface area (Å²) in [6, 6.07) is 18.4. The lowest BCUT2D eigenvalue weighted by atomic mass is 10.1. The fraction of sp³-hybridized carbons (Fsp3) is 0.250. The molecule has 0 aliphatic rings. The minimum Gasteiger partial charge on any atom is -0.281 e. The van der Waals surface area contributed by atoms with Crippen molar-refractivity contribution in [3.63, 3.8) is 0 Å². The summed E-state index contributed by atoms with van der Waals surface area (Å²) in [5.41, 5.74) is 3.15. The van der Waals surface area contributed by atoms with Crippen molar-refractivity contribution in [1.82, 2.24) is 19.9 Å². The maximum Gasteiger partial charge on any atom is 0.0572 e. The van der Waals surface area contributed by atoms with Crippen molar-refractivity contribution in [1.29, 1.82) is 0 Å². The van der Waals surface area contributed by atoms with Crippen LogP contribution < -0.4 is 0 Å². The third-order valence-electron chi connectivity index (χ3n) is 4.30. The Morgan fingerprint density at radius 2 is 1.21 bits per heavy atom. The molecule has 0 fully saturated rings. The first kappa shape index (κ1) is 16.3. The third-order valence-corrected chi connectivity index (χ3v) is 4.30. The van der Waals surface area contributed by atoms with Crippen LogP contribution in [-0.2, 0) is 6.54 Å². The normalized spacial score (nSPS) is 13.6. The number of pyridine rings is 3. The van der Waals surface area contributed by atoms with E-state index in [9.17, 15) is 0 Å². The van der Waals surface area contributed by atoms with E-state index in [0.717, 1.165) is 23.6 Å². The Morgan fingerprint density at radius 3 is 1.62 bits per heavy atom. The van der Waals surface area contributed by atoms with Crippen LogP contribution >= 0.6 is 0 Å². The van der Waals surface area contributed by atoms with Crippen LogP contribution in [0.15, 0.2) is 73.2 Å². The highest BCUT2D eigenvalue weighted by Crippen LogP contribution is 2.30. The molecule has 0 radical (unpaired) electrons. The first-order valence-electron chi connectivity index (χ1n) is 8.23. The minimum absolute atomic E-state index is 0.158. The number of hydrogen-bond acceptors (Lipinski definition) is 4. The largest absolute Gasteiger partial charge is 0.281 e. The molecule has 0 spiro atoms. The number of hydrogen-bond donors (Lipinski definition) is 0. The highest BCUT2D eigenvalue weighted by molar-refractivity contribution is 5.14. The van der Waals surface area contributed by atoms with E-state index in [1.807, 2.05) is 55.0 Å². The van der Waals surface area contributed by atoms with Gasteiger partial charge in [-0.1, -0.05) is 18.2 Å². The Kier molecular flexibility index (Phi) is 5.29. The molecular weight excluding hydrogens is 296 g/mol. The molecule has 122 valence electrons. The summed E-state index contributed by atoms with van der Waals surface area (Å²) in [4.78, 5) is 15.9. The molecule has 3 aromatic rings. The maximum atomic E-state index is 4.53. The Bertz CT molecular complexity index is 686. The maximum absolute atomic E-state index is 4.53. The standard InChI is InChI=1S/C20H22N4/c1-16(19-10-4-7-13-22-19)24(15-18-9-3-6-12-21-18)17(2)20-11-5-8-14-23-20/h3-14,16-17H,15H2,1-2H3/t16-,17+. The van der Waals surface area contributed by atoms with Gasteiger partial charge in [-0.3, -0.25) is 19.9 Å². The van der Waals surface area contributed by atoms with E-state index in [1.165, 1.54) is 0 Å². The van der Waals surface area contributed by atoms with Gasteiger partial charge < -0.3 is 0 Å². The van der Waals surface area contributed by atoms with E-state index in [1.54, 1.807) is 0 Å². The monoisotopic (exact) mass is 318 g/mol. The van der Waals surface area contributed by atoms with E-state index < -0.39 is 0 Å². The van der Waals surface area contributed by atoms with Gasteiger partial charge in [-0.05, 0) is 50.2 Å². The van der Waals surface area contributed by atoms with Crippen LogP contribution in [0.3, 0.4) is 0 Å². The molecule has 0 N–H and O–H groups in total. The Morgan fingerprint density at radius 1 is 0.708 bits per heavy atom.